The molecule has 1 N–H and O–H groups in total. The van der Waals surface area contributed by atoms with Gasteiger partial charge in [-0.25, -0.2) is 0 Å². The monoisotopic (exact) mass is 371 g/mol. The third kappa shape index (κ3) is 3.30. The van der Waals surface area contributed by atoms with E-state index in [1.807, 2.05) is 6.92 Å². The molecule has 1 aromatic rings. The molecule has 27 heavy (non-hydrogen) atoms. The number of hydrogen-bond donors (Lipinski definition) is 1. The second-order valence-corrected chi connectivity index (χ2v) is 8.41. The Morgan fingerprint density at radius 1 is 1.15 bits per heavy atom. The van der Waals surface area contributed by atoms with Crippen molar-refractivity contribution in [1.29, 1.82) is 0 Å². The fourth-order valence-corrected chi connectivity index (χ4v) is 5.19. The van der Waals surface area contributed by atoms with Gasteiger partial charge in [-0.2, -0.15) is 0 Å². The lowest BCUT2D eigenvalue weighted by molar-refractivity contribution is -0.148. The van der Waals surface area contributed by atoms with Crippen LogP contribution in [0.15, 0.2) is 16.9 Å². The smallest absolute Gasteiger partial charge is 0.254 e. The lowest BCUT2D eigenvalue weighted by Crippen LogP contribution is -2.53. The molecular formula is C21H29N3O3. The number of H-pyrrole nitrogens is 1. The minimum absolute atomic E-state index is 0.126. The zero-order valence-electron chi connectivity index (χ0n) is 16.1. The van der Waals surface area contributed by atoms with Gasteiger partial charge in [0.15, 0.2) is 0 Å². The summed E-state index contributed by atoms with van der Waals surface area (Å²) in [4.78, 5) is 44.8. The number of aromatic amines is 1. The second-order valence-electron chi connectivity index (χ2n) is 8.41. The Labute approximate surface area is 159 Å². The molecule has 2 aliphatic heterocycles. The number of pyridine rings is 1. The van der Waals surface area contributed by atoms with Crippen LogP contribution in [0.1, 0.15) is 67.9 Å². The maximum absolute atomic E-state index is 13.3. The molecule has 6 heteroatoms. The molecule has 0 aromatic carbocycles. The second kappa shape index (κ2) is 7.13. The first kappa shape index (κ1) is 18.3. The van der Waals surface area contributed by atoms with Crippen LogP contribution in [-0.2, 0) is 11.2 Å². The highest BCUT2D eigenvalue weighted by Crippen LogP contribution is 2.42. The van der Waals surface area contributed by atoms with E-state index in [4.69, 9.17) is 0 Å². The number of carbonyl (C=O) groups excluding carboxylic acids is 2. The van der Waals surface area contributed by atoms with E-state index in [0.717, 1.165) is 44.3 Å². The third-order valence-corrected chi connectivity index (χ3v) is 6.70. The standard InChI is InChI=1S/C21H29N3O3/c1-2-16-12-15(13-18(25)22-16)19(26)23-11-9-21(14-23)8-5-10-24(20(21)27)17-6-3-4-7-17/h12-13,17H,2-11,14H2,1H3,(H,22,25)/t21-/m1/s1. The van der Waals surface area contributed by atoms with Gasteiger partial charge in [-0.3, -0.25) is 14.4 Å². The van der Waals surface area contributed by atoms with Gasteiger partial charge in [0.2, 0.25) is 11.5 Å². The summed E-state index contributed by atoms with van der Waals surface area (Å²) >= 11 is 0. The molecule has 1 saturated carbocycles. The van der Waals surface area contributed by atoms with Gasteiger partial charge in [0.25, 0.3) is 5.91 Å². The molecule has 1 spiro atoms. The number of aryl methyl sites for hydroxylation is 1. The highest BCUT2D eigenvalue weighted by Gasteiger charge is 2.50. The van der Waals surface area contributed by atoms with Crippen LogP contribution in [0.2, 0.25) is 0 Å². The topological polar surface area (TPSA) is 73.5 Å². The SMILES string of the molecule is CCc1cc(C(=O)N2CC[C@]3(CCCN(C4CCCC4)C3=O)C2)cc(=O)[nH]1. The van der Waals surface area contributed by atoms with Crippen LogP contribution in [-0.4, -0.2) is 52.3 Å². The molecule has 3 heterocycles. The van der Waals surface area contributed by atoms with Gasteiger partial charge in [-0.1, -0.05) is 19.8 Å². The lowest BCUT2D eigenvalue weighted by atomic mass is 9.77. The summed E-state index contributed by atoms with van der Waals surface area (Å²) in [6.45, 7) is 3.90. The molecule has 1 aromatic heterocycles. The third-order valence-electron chi connectivity index (χ3n) is 6.70. The Bertz CT molecular complexity index is 796. The molecule has 146 valence electrons. The van der Waals surface area contributed by atoms with E-state index in [2.05, 4.69) is 9.88 Å². The summed E-state index contributed by atoms with van der Waals surface area (Å²) in [5.41, 5.74) is 0.544. The molecule has 2 saturated heterocycles. The largest absolute Gasteiger partial charge is 0.339 e. The van der Waals surface area contributed by atoms with Crippen molar-refractivity contribution < 1.29 is 9.59 Å². The summed E-state index contributed by atoms with van der Waals surface area (Å²) < 4.78 is 0. The van der Waals surface area contributed by atoms with E-state index in [0.29, 0.717) is 31.1 Å². The number of carbonyl (C=O) groups is 2. The first-order valence-electron chi connectivity index (χ1n) is 10.4. The summed E-state index contributed by atoms with van der Waals surface area (Å²) in [7, 11) is 0. The van der Waals surface area contributed by atoms with Crippen LogP contribution in [0.4, 0.5) is 0 Å². The summed E-state index contributed by atoms with van der Waals surface area (Å²) in [5, 5.41) is 0. The highest BCUT2D eigenvalue weighted by atomic mass is 16.2. The molecule has 3 fully saturated rings. The van der Waals surface area contributed by atoms with Crippen LogP contribution in [0.25, 0.3) is 0 Å². The van der Waals surface area contributed by atoms with Gasteiger partial charge >= 0.3 is 0 Å². The zero-order chi connectivity index (χ0) is 19.0. The Kier molecular flexibility index (Phi) is 4.82. The van der Waals surface area contributed by atoms with Crippen molar-refractivity contribution in [3.63, 3.8) is 0 Å². The lowest BCUT2D eigenvalue weighted by Gasteiger charge is -2.42. The van der Waals surface area contributed by atoms with Crippen molar-refractivity contribution in [2.24, 2.45) is 5.41 Å². The molecule has 4 rings (SSSR count). The molecular weight excluding hydrogens is 342 g/mol. The first-order valence-corrected chi connectivity index (χ1v) is 10.4. The van der Waals surface area contributed by atoms with Crippen molar-refractivity contribution in [3.05, 3.63) is 33.7 Å². The minimum Gasteiger partial charge on any atom is -0.339 e. The van der Waals surface area contributed by atoms with Crippen molar-refractivity contribution in [2.45, 2.75) is 64.3 Å². The number of rotatable bonds is 3. The van der Waals surface area contributed by atoms with Crippen LogP contribution in [0, 0.1) is 5.41 Å². The van der Waals surface area contributed by atoms with Crippen LogP contribution in [0.3, 0.4) is 0 Å². The first-order chi connectivity index (χ1) is 13.0. The number of amides is 2. The maximum atomic E-state index is 13.3. The molecule has 6 nitrogen and oxygen atoms in total. The number of piperidine rings is 1. The molecule has 0 unspecified atom stereocenters. The molecule has 0 radical (unpaired) electrons. The van der Waals surface area contributed by atoms with Gasteiger partial charge in [0, 0.05) is 43.0 Å². The number of likely N-dealkylation sites (tertiary alicyclic amines) is 2. The molecule has 2 amide bonds. The van der Waals surface area contributed by atoms with E-state index < -0.39 is 5.41 Å². The predicted octanol–water partition coefficient (Wildman–Crippen LogP) is 2.33. The van der Waals surface area contributed by atoms with Crippen molar-refractivity contribution in [3.8, 4) is 0 Å². The van der Waals surface area contributed by atoms with Gasteiger partial charge in [0.05, 0.1) is 5.41 Å². The summed E-state index contributed by atoms with van der Waals surface area (Å²) in [5.74, 6) is 0.134. The maximum Gasteiger partial charge on any atom is 0.254 e. The van der Waals surface area contributed by atoms with E-state index in [1.165, 1.54) is 18.9 Å². The Balaban J connectivity index is 1.52. The molecule has 1 atom stereocenters. The van der Waals surface area contributed by atoms with E-state index in [9.17, 15) is 14.4 Å². The van der Waals surface area contributed by atoms with E-state index >= 15 is 0 Å². The average Bonchev–Trinajstić information content (AvgIpc) is 3.34. The summed E-state index contributed by atoms with van der Waals surface area (Å²) in [6, 6.07) is 3.54. The van der Waals surface area contributed by atoms with Crippen molar-refractivity contribution in [1.82, 2.24) is 14.8 Å². The van der Waals surface area contributed by atoms with Crippen LogP contribution in [0.5, 0.6) is 0 Å². The normalized spacial score (nSPS) is 26.3. The van der Waals surface area contributed by atoms with Gasteiger partial charge in [-0.05, 0) is 44.6 Å². The Morgan fingerprint density at radius 3 is 2.67 bits per heavy atom. The van der Waals surface area contributed by atoms with E-state index in [-0.39, 0.29) is 17.4 Å². The fraction of sp³-hybridized carbons (Fsp3) is 0.667. The number of aromatic nitrogens is 1. The minimum atomic E-state index is -0.411. The zero-order valence-corrected chi connectivity index (χ0v) is 16.1. The average molecular weight is 371 g/mol. The number of hydrogen-bond acceptors (Lipinski definition) is 3. The Morgan fingerprint density at radius 2 is 1.93 bits per heavy atom. The molecule has 3 aliphatic rings. The van der Waals surface area contributed by atoms with Crippen LogP contribution < -0.4 is 5.56 Å². The summed E-state index contributed by atoms with van der Waals surface area (Å²) in [6.07, 6.45) is 7.99. The van der Waals surface area contributed by atoms with Crippen molar-refractivity contribution >= 4 is 11.8 Å². The molecule has 1 aliphatic carbocycles. The van der Waals surface area contributed by atoms with E-state index in [1.54, 1.807) is 11.0 Å². The fourth-order valence-electron chi connectivity index (χ4n) is 5.19. The van der Waals surface area contributed by atoms with Crippen molar-refractivity contribution in [2.75, 3.05) is 19.6 Å². The van der Waals surface area contributed by atoms with Gasteiger partial charge in [-0.15, -0.1) is 0 Å². The quantitative estimate of drug-likeness (QED) is 0.886. The van der Waals surface area contributed by atoms with Crippen LogP contribution >= 0.6 is 0 Å². The predicted molar refractivity (Wildman–Crippen MR) is 103 cm³/mol. The van der Waals surface area contributed by atoms with Gasteiger partial charge < -0.3 is 14.8 Å². The highest BCUT2D eigenvalue weighted by molar-refractivity contribution is 5.95. The van der Waals surface area contributed by atoms with Gasteiger partial charge in [0.1, 0.15) is 0 Å². The Hall–Kier alpha value is -2.11. The number of nitrogens with zero attached hydrogens (tertiary/aromatic N) is 2. The molecule has 0 bridgehead atoms. The number of nitrogens with one attached hydrogen (secondary N) is 1.